The number of carbonyl (C=O) groups excluding carboxylic acids is 1. The smallest absolute Gasteiger partial charge is 0.258 e. The van der Waals surface area contributed by atoms with Crippen LogP contribution in [0, 0.1) is 3.57 Å². The molecule has 3 nitrogen and oxygen atoms in total. The fraction of sp³-hybridized carbons (Fsp3) is 0. The Balaban J connectivity index is 1.89. The van der Waals surface area contributed by atoms with Crippen molar-refractivity contribution in [1.29, 1.82) is 0 Å². The molecule has 0 aliphatic carbocycles. The number of nitrogens with zero attached hydrogens (tertiary/aromatic N) is 1. The summed E-state index contributed by atoms with van der Waals surface area (Å²) >= 11 is 9.49. The molecule has 100 valence electrons. The lowest BCUT2D eigenvalue weighted by molar-refractivity contribution is 0.102. The van der Waals surface area contributed by atoms with Crippen LogP contribution in [0.1, 0.15) is 10.4 Å². The minimum atomic E-state index is -0.153. The van der Waals surface area contributed by atoms with Crippen molar-refractivity contribution >= 4 is 66.8 Å². The number of rotatable bonds is 2. The summed E-state index contributed by atoms with van der Waals surface area (Å²) < 4.78 is 1.86. The third-order valence-electron chi connectivity index (χ3n) is 2.69. The van der Waals surface area contributed by atoms with Crippen LogP contribution in [-0.2, 0) is 0 Å². The Kier molecular flexibility index (Phi) is 3.91. The Hall–Kier alpha value is -1.18. The van der Waals surface area contributed by atoms with Crippen LogP contribution in [0.15, 0.2) is 42.5 Å². The van der Waals surface area contributed by atoms with Gasteiger partial charge in [-0.3, -0.25) is 10.1 Å². The zero-order valence-corrected chi connectivity index (χ0v) is 13.8. The molecule has 0 bridgehead atoms. The third kappa shape index (κ3) is 2.79. The zero-order chi connectivity index (χ0) is 14.1. The molecule has 0 aliphatic rings. The van der Waals surface area contributed by atoms with Crippen LogP contribution in [0.25, 0.3) is 10.2 Å². The molecule has 1 amide bonds. The summed E-state index contributed by atoms with van der Waals surface area (Å²) in [6.07, 6.45) is 0. The number of hydrogen-bond acceptors (Lipinski definition) is 3. The fourth-order valence-corrected chi connectivity index (χ4v) is 3.53. The molecule has 6 heteroatoms. The molecule has 3 rings (SSSR count). The number of thiazole rings is 1. The van der Waals surface area contributed by atoms with Crippen molar-refractivity contribution in [2.75, 3.05) is 5.32 Å². The van der Waals surface area contributed by atoms with Crippen molar-refractivity contribution < 1.29 is 4.79 Å². The van der Waals surface area contributed by atoms with Gasteiger partial charge in [0.1, 0.15) is 0 Å². The Labute approximate surface area is 138 Å². The summed E-state index contributed by atoms with van der Waals surface area (Å²) in [4.78, 5) is 16.6. The molecular formula is C14H8ClIN2OS. The molecule has 0 unspecified atom stereocenters. The lowest BCUT2D eigenvalue weighted by atomic mass is 10.2. The number of aromatic nitrogens is 1. The van der Waals surface area contributed by atoms with Crippen LogP contribution >= 0.6 is 45.5 Å². The van der Waals surface area contributed by atoms with Crippen LogP contribution in [-0.4, -0.2) is 10.9 Å². The van der Waals surface area contributed by atoms with E-state index in [4.69, 9.17) is 11.6 Å². The van der Waals surface area contributed by atoms with Crippen LogP contribution < -0.4 is 5.32 Å². The summed E-state index contributed by atoms with van der Waals surface area (Å²) in [5, 5.41) is 4.07. The van der Waals surface area contributed by atoms with E-state index < -0.39 is 0 Å². The molecule has 20 heavy (non-hydrogen) atoms. The van der Waals surface area contributed by atoms with Crippen molar-refractivity contribution in [2.45, 2.75) is 0 Å². The number of fused-ring (bicyclic) bond motifs is 1. The maximum atomic E-state index is 12.2. The van der Waals surface area contributed by atoms with E-state index in [1.807, 2.05) is 30.3 Å². The Bertz CT molecular complexity index is 803. The van der Waals surface area contributed by atoms with Gasteiger partial charge in [-0.15, -0.1) is 0 Å². The van der Waals surface area contributed by atoms with E-state index in [0.29, 0.717) is 15.7 Å². The first-order valence-electron chi connectivity index (χ1n) is 5.75. The maximum absolute atomic E-state index is 12.2. The van der Waals surface area contributed by atoms with Gasteiger partial charge in [0.25, 0.3) is 5.91 Å². The molecule has 0 saturated heterocycles. The second kappa shape index (κ2) is 5.67. The predicted molar refractivity (Wildman–Crippen MR) is 91.7 cm³/mol. The van der Waals surface area contributed by atoms with Gasteiger partial charge in [-0.1, -0.05) is 35.1 Å². The molecule has 1 aromatic heterocycles. The van der Waals surface area contributed by atoms with E-state index in [9.17, 15) is 4.79 Å². The van der Waals surface area contributed by atoms with Crippen LogP contribution in [0.5, 0.6) is 0 Å². The number of anilines is 1. The standard InChI is InChI=1S/C14H8ClIN2OS/c15-8-5-6-11-12(7-8)20-14(17-11)18-13(19)9-3-1-2-4-10(9)16/h1-7H,(H,17,18,19). The van der Waals surface area contributed by atoms with Crippen molar-refractivity contribution in [3.8, 4) is 0 Å². The van der Waals surface area contributed by atoms with Crippen molar-refractivity contribution in [3.63, 3.8) is 0 Å². The van der Waals surface area contributed by atoms with Gasteiger partial charge in [0.15, 0.2) is 5.13 Å². The average Bonchev–Trinajstić information content (AvgIpc) is 2.80. The molecule has 0 saturated carbocycles. The molecule has 0 fully saturated rings. The van der Waals surface area contributed by atoms with E-state index in [1.165, 1.54) is 11.3 Å². The minimum Gasteiger partial charge on any atom is -0.298 e. The highest BCUT2D eigenvalue weighted by molar-refractivity contribution is 14.1. The highest BCUT2D eigenvalue weighted by Gasteiger charge is 2.12. The molecule has 1 heterocycles. The van der Waals surface area contributed by atoms with Crippen molar-refractivity contribution in [2.24, 2.45) is 0 Å². The van der Waals surface area contributed by atoms with Gasteiger partial charge in [0, 0.05) is 8.59 Å². The number of nitrogens with one attached hydrogen (secondary N) is 1. The van der Waals surface area contributed by atoms with Gasteiger partial charge in [0.05, 0.1) is 15.8 Å². The molecule has 2 aromatic carbocycles. The third-order valence-corrected chi connectivity index (χ3v) is 4.80. The van der Waals surface area contributed by atoms with Gasteiger partial charge in [0.2, 0.25) is 0 Å². The maximum Gasteiger partial charge on any atom is 0.258 e. The van der Waals surface area contributed by atoms with E-state index in [0.717, 1.165) is 13.8 Å². The number of hydrogen-bond donors (Lipinski definition) is 1. The highest BCUT2D eigenvalue weighted by Crippen LogP contribution is 2.28. The summed E-state index contributed by atoms with van der Waals surface area (Å²) in [7, 11) is 0. The molecule has 3 aromatic rings. The van der Waals surface area contributed by atoms with Crippen LogP contribution in [0.2, 0.25) is 5.02 Å². The number of halogens is 2. The largest absolute Gasteiger partial charge is 0.298 e. The summed E-state index contributed by atoms with van der Waals surface area (Å²) in [5.74, 6) is -0.153. The first kappa shape index (κ1) is 13.8. The molecule has 0 aliphatic heterocycles. The average molecular weight is 415 g/mol. The van der Waals surface area contributed by atoms with Gasteiger partial charge in [-0.25, -0.2) is 4.98 Å². The van der Waals surface area contributed by atoms with Gasteiger partial charge in [-0.05, 0) is 52.9 Å². The lowest BCUT2D eigenvalue weighted by Gasteiger charge is -2.03. The van der Waals surface area contributed by atoms with E-state index in [1.54, 1.807) is 12.1 Å². The monoisotopic (exact) mass is 414 g/mol. The van der Waals surface area contributed by atoms with Gasteiger partial charge >= 0.3 is 0 Å². The van der Waals surface area contributed by atoms with Crippen LogP contribution in [0.4, 0.5) is 5.13 Å². The van der Waals surface area contributed by atoms with Crippen LogP contribution in [0.3, 0.4) is 0 Å². The van der Waals surface area contributed by atoms with Crippen molar-refractivity contribution in [1.82, 2.24) is 4.98 Å². The van der Waals surface area contributed by atoms with Gasteiger partial charge < -0.3 is 0 Å². The van der Waals surface area contributed by atoms with E-state index in [2.05, 4.69) is 32.9 Å². The molecule has 1 N–H and O–H groups in total. The van der Waals surface area contributed by atoms with Gasteiger partial charge in [-0.2, -0.15) is 0 Å². The number of carbonyl (C=O) groups is 1. The normalized spacial score (nSPS) is 10.7. The second-order valence-corrected chi connectivity index (χ2v) is 6.69. The Morgan fingerprint density at radius 3 is 2.85 bits per heavy atom. The number of amides is 1. The molecule has 0 atom stereocenters. The Morgan fingerprint density at radius 1 is 1.25 bits per heavy atom. The van der Waals surface area contributed by atoms with E-state index in [-0.39, 0.29) is 5.91 Å². The molecular weight excluding hydrogens is 407 g/mol. The highest BCUT2D eigenvalue weighted by atomic mass is 127. The quantitative estimate of drug-likeness (QED) is 0.612. The predicted octanol–water partition coefficient (Wildman–Crippen LogP) is 4.81. The zero-order valence-electron chi connectivity index (χ0n) is 10.1. The summed E-state index contributed by atoms with van der Waals surface area (Å²) in [6, 6.07) is 12.9. The summed E-state index contributed by atoms with van der Waals surface area (Å²) in [6.45, 7) is 0. The first-order valence-corrected chi connectivity index (χ1v) is 8.03. The summed E-state index contributed by atoms with van der Waals surface area (Å²) in [5.41, 5.74) is 1.47. The van der Waals surface area contributed by atoms with Crippen molar-refractivity contribution in [3.05, 3.63) is 56.6 Å². The molecule has 0 radical (unpaired) electrons. The SMILES string of the molecule is O=C(Nc1nc2ccc(Cl)cc2s1)c1ccccc1I. The minimum absolute atomic E-state index is 0.153. The second-order valence-electron chi connectivity index (χ2n) is 4.07. The Morgan fingerprint density at radius 2 is 2.05 bits per heavy atom. The lowest BCUT2D eigenvalue weighted by Crippen LogP contribution is -2.12. The fourth-order valence-electron chi connectivity index (χ4n) is 1.76. The van der Waals surface area contributed by atoms with E-state index >= 15 is 0 Å². The first-order chi connectivity index (χ1) is 9.63. The topological polar surface area (TPSA) is 42.0 Å². The number of benzene rings is 2. The molecule has 0 spiro atoms.